The van der Waals surface area contributed by atoms with E-state index in [-0.39, 0.29) is 0 Å². The molecular formula is C10H10BrN3. The maximum absolute atomic E-state index is 8.92. The van der Waals surface area contributed by atoms with E-state index in [0.717, 1.165) is 23.2 Å². The lowest BCUT2D eigenvalue weighted by molar-refractivity contribution is 0.472. The van der Waals surface area contributed by atoms with Crippen LogP contribution in [0.2, 0.25) is 0 Å². The zero-order valence-electron chi connectivity index (χ0n) is 7.55. The lowest BCUT2D eigenvalue weighted by Gasteiger charge is -2.29. The van der Waals surface area contributed by atoms with Gasteiger partial charge in [-0.25, -0.2) is 0 Å². The van der Waals surface area contributed by atoms with Crippen molar-refractivity contribution in [1.29, 1.82) is 5.26 Å². The molecule has 0 amide bonds. The zero-order chi connectivity index (χ0) is 9.97. The van der Waals surface area contributed by atoms with Crippen LogP contribution in [0.15, 0.2) is 22.7 Å². The van der Waals surface area contributed by atoms with Crippen molar-refractivity contribution in [2.75, 3.05) is 18.4 Å². The monoisotopic (exact) mass is 251 g/mol. The third kappa shape index (κ3) is 1.89. The van der Waals surface area contributed by atoms with Gasteiger partial charge in [0, 0.05) is 17.6 Å². The number of hydrogen-bond donors (Lipinski definition) is 2. The van der Waals surface area contributed by atoms with E-state index in [0.29, 0.717) is 11.6 Å². The van der Waals surface area contributed by atoms with E-state index in [1.165, 1.54) is 0 Å². The molecule has 0 aliphatic carbocycles. The van der Waals surface area contributed by atoms with Gasteiger partial charge in [0.15, 0.2) is 0 Å². The van der Waals surface area contributed by atoms with Gasteiger partial charge in [-0.3, -0.25) is 0 Å². The van der Waals surface area contributed by atoms with Crippen molar-refractivity contribution in [1.82, 2.24) is 5.32 Å². The van der Waals surface area contributed by atoms with Crippen molar-refractivity contribution in [2.45, 2.75) is 6.04 Å². The van der Waals surface area contributed by atoms with E-state index < -0.39 is 0 Å². The number of rotatable bonds is 2. The molecule has 1 aliphatic rings. The van der Waals surface area contributed by atoms with Gasteiger partial charge in [0.25, 0.3) is 0 Å². The number of hydrogen-bond acceptors (Lipinski definition) is 3. The lowest BCUT2D eigenvalue weighted by Crippen LogP contribution is -2.51. The molecule has 1 heterocycles. The Balaban J connectivity index is 2.19. The van der Waals surface area contributed by atoms with E-state index in [9.17, 15) is 0 Å². The molecule has 0 spiro atoms. The first-order valence-electron chi connectivity index (χ1n) is 4.46. The zero-order valence-corrected chi connectivity index (χ0v) is 9.13. The number of nitriles is 1. The molecule has 3 nitrogen and oxygen atoms in total. The Kier molecular flexibility index (Phi) is 2.71. The molecule has 2 rings (SSSR count). The highest BCUT2D eigenvalue weighted by Crippen LogP contribution is 2.21. The minimum Gasteiger partial charge on any atom is -0.379 e. The minimum absolute atomic E-state index is 0.461. The SMILES string of the molecule is N#Cc1cc(Br)ccc1NC1CNC1. The van der Waals surface area contributed by atoms with Gasteiger partial charge in [-0.15, -0.1) is 0 Å². The van der Waals surface area contributed by atoms with Crippen LogP contribution >= 0.6 is 15.9 Å². The fourth-order valence-electron chi connectivity index (χ4n) is 1.35. The molecule has 0 bridgehead atoms. The summed E-state index contributed by atoms with van der Waals surface area (Å²) in [6, 6.07) is 8.34. The molecule has 72 valence electrons. The minimum atomic E-state index is 0.461. The van der Waals surface area contributed by atoms with Gasteiger partial charge in [-0.05, 0) is 18.2 Å². The molecule has 4 heteroatoms. The summed E-state index contributed by atoms with van der Waals surface area (Å²) in [6.45, 7) is 1.95. The third-order valence-electron chi connectivity index (χ3n) is 2.24. The molecule has 0 aromatic heterocycles. The van der Waals surface area contributed by atoms with E-state index in [2.05, 4.69) is 32.6 Å². The smallest absolute Gasteiger partial charge is 0.101 e. The Labute approximate surface area is 91.2 Å². The van der Waals surface area contributed by atoms with Gasteiger partial charge in [0.2, 0.25) is 0 Å². The van der Waals surface area contributed by atoms with Crippen LogP contribution in [0.3, 0.4) is 0 Å². The number of benzene rings is 1. The maximum atomic E-state index is 8.92. The largest absolute Gasteiger partial charge is 0.379 e. The molecular weight excluding hydrogens is 242 g/mol. The van der Waals surface area contributed by atoms with Crippen molar-refractivity contribution in [2.24, 2.45) is 0 Å². The first-order valence-corrected chi connectivity index (χ1v) is 5.26. The topological polar surface area (TPSA) is 47.9 Å². The Morgan fingerprint density at radius 3 is 2.86 bits per heavy atom. The van der Waals surface area contributed by atoms with Crippen molar-refractivity contribution < 1.29 is 0 Å². The van der Waals surface area contributed by atoms with Gasteiger partial charge in [-0.2, -0.15) is 5.26 Å². The number of halogens is 1. The van der Waals surface area contributed by atoms with Gasteiger partial charge in [-0.1, -0.05) is 15.9 Å². The highest BCUT2D eigenvalue weighted by molar-refractivity contribution is 9.10. The second-order valence-electron chi connectivity index (χ2n) is 3.30. The van der Waals surface area contributed by atoms with Crippen molar-refractivity contribution in [3.05, 3.63) is 28.2 Å². The average Bonchev–Trinajstić information content (AvgIpc) is 2.13. The van der Waals surface area contributed by atoms with Crippen LogP contribution < -0.4 is 10.6 Å². The molecule has 1 fully saturated rings. The van der Waals surface area contributed by atoms with Crippen LogP contribution in [0.5, 0.6) is 0 Å². The van der Waals surface area contributed by atoms with Gasteiger partial charge in [0.1, 0.15) is 6.07 Å². The lowest BCUT2D eigenvalue weighted by atomic mass is 10.1. The van der Waals surface area contributed by atoms with Gasteiger partial charge in [0.05, 0.1) is 17.3 Å². The molecule has 0 saturated carbocycles. The van der Waals surface area contributed by atoms with Crippen LogP contribution in [0, 0.1) is 11.3 Å². The molecule has 0 atom stereocenters. The highest BCUT2D eigenvalue weighted by Gasteiger charge is 2.17. The van der Waals surface area contributed by atoms with E-state index >= 15 is 0 Å². The van der Waals surface area contributed by atoms with Gasteiger partial charge >= 0.3 is 0 Å². The number of nitrogens with zero attached hydrogens (tertiary/aromatic N) is 1. The molecule has 1 saturated heterocycles. The molecule has 2 N–H and O–H groups in total. The molecule has 1 aromatic carbocycles. The Bertz CT molecular complexity index is 379. The molecule has 1 aromatic rings. The number of anilines is 1. The number of nitrogens with one attached hydrogen (secondary N) is 2. The highest BCUT2D eigenvalue weighted by atomic mass is 79.9. The predicted octanol–water partition coefficient (Wildman–Crippen LogP) is 1.70. The van der Waals surface area contributed by atoms with Crippen LogP contribution in [-0.4, -0.2) is 19.1 Å². The van der Waals surface area contributed by atoms with E-state index in [4.69, 9.17) is 5.26 Å². The normalized spacial score (nSPS) is 15.7. The third-order valence-corrected chi connectivity index (χ3v) is 2.74. The van der Waals surface area contributed by atoms with Crippen molar-refractivity contribution >= 4 is 21.6 Å². The van der Waals surface area contributed by atoms with Crippen LogP contribution in [0.1, 0.15) is 5.56 Å². The molecule has 1 aliphatic heterocycles. The maximum Gasteiger partial charge on any atom is 0.101 e. The average molecular weight is 252 g/mol. The van der Waals surface area contributed by atoms with Crippen molar-refractivity contribution in [3.63, 3.8) is 0 Å². The van der Waals surface area contributed by atoms with Crippen molar-refractivity contribution in [3.8, 4) is 6.07 Å². The summed E-state index contributed by atoms with van der Waals surface area (Å²) in [5, 5.41) is 15.4. The summed E-state index contributed by atoms with van der Waals surface area (Å²) < 4.78 is 0.936. The second-order valence-corrected chi connectivity index (χ2v) is 4.22. The summed E-state index contributed by atoms with van der Waals surface area (Å²) in [5.74, 6) is 0. The quantitative estimate of drug-likeness (QED) is 0.842. The fourth-order valence-corrected chi connectivity index (χ4v) is 1.71. The molecule has 0 radical (unpaired) electrons. The summed E-state index contributed by atoms with van der Waals surface area (Å²) in [4.78, 5) is 0. The fraction of sp³-hybridized carbons (Fsp3) is 0.300. The summed E-state index contributed by atoms with van der Waals surface area (Å²) >= 11 is 3.34. The van der Waals surface area contributed by atoms with Crippen LogP contribution in [-0.2, 0) is 0 Å². The molecule has 14 heavy (non-hydrogen) atoms. The standard InChI is InChI=1S/C10H10BrN3/c11-8-1-2-10(7(3-8)4-12)14-9-5-13-6-9/h1-3,9,13-14H,5-6H2. The summed E-state index contributed by atoms with van der Waals surface area (Å²) in [7, 11) is 0. The predicted molar refractivity (Wildman–Crippen MR) is 59.1 cm³/mol. The first kappa shape index (κ1) is 9.50. The Morgan fingerprint density at radius 2 is 2.29 bits per heavy atom. The van der Waals surface area contributed by atoms with Crippen LogP contribution in [0.4, 0.5) is 5.69 Å². The summed E-state index contributed by atoms with van der Waals surface area (Å²) in [6.07, 6.45) is 0. The first-order chi connectivity index (χ1) is 6.79. The summed E-state index contributed by atoms with van der Waals surface area (Å²) in [5.41, 5.74) is 1.61. The van der Waals surface area contributed by atoms with E-state index in [1.807, 2.05) is 18.2 Å². The van der Waals surface area contributed by atoms with E-state index in [1.54, 1.807) is 0 Å². The Hall–Kier alpha value is -1.05. The molecule has 0 unspecified atom stereocenters. The van der Waals surface area contributed by atoms with Crippen LogP contribution in [0.25, 0.3) is 0 Å². The van der Waals surface area contributed by atoms with Gasteiger partial charge < -0.3 is 10.6 Å². The second kappa shape index (κ2) is 3.99. The Morgan fingerprint density at radius 1 is 1.50 bits per heavy atom.